The second-order valence-electron chi connectivity index (χ2n) is 6.85. The van der Waals surface area contributed by atoms with Gasteiger partial charge in [0.2, 0.25) is 0 Å². The van der Waals surface area contributed by atoms with E-state index in [0.717, 1.165) is 11.1 Å². The van der Waals surface area contributed by atoms with Crippen molar-refractivity contribution >= 4 is 17.7 Å². The van der Waals surface area contributed by atoms with Crippen molar-refractivity contribution in [1.82, 2.24) is 0 Å². The minimum atomic E-state index is -0.562. The van der Waals surface area contributed by atoms with Gasteiger partial charge in [0.05, 0.1) is 7.11 Å². The van der Waals surface area contributed by atoms with Gasteiger partial charge in [-0.25, -0.2) is 0 Å². The molecule has 0 spiro atoms. The summed E-state index contributed by atoms with van der Waals surface area (Å²) in [6.07, 6.45) is 1.47. The largest absolute Gasteiger partial charge is 0.508 e. The van der Waals surface area contributed by atoms with E-state index in [4.69, 9.17) is 9.47 Å². The average molecular weight is 414 g/mol. The molecule has 6 nitrogen and oxygen atoms in total. The predicted molar refractivity (Wildman–Crippen MR) is 119 cm³/mol. The molecule has 6 heteroatoms. The normalized spacial score (nSPS) is 10.8. The van der Waals surface area contributed by atoms with Gasteiger partial charge in [-0.2, -0.15) is 5.26 Å². The zero-order valence-electron chi connectivity index (χ0n) is 17.3. The van der Waals surface area contributed by atoms with Crippen LogP contribution in [0.25, 0.3) is 6.08 Å². The van der Waals surface area contributed by atoms with Crippen molar-refractivity contribution in [1.29, 1.82) is 5.26 Å². The van der Waals surface area contributed by atoms with Gasteiger partial charge >= 0.3 is 0 Å². The number of rotatable bonds is 7. The summed E-state index contributed by atoms with van der Waals surface area (Å²) in [4.78, 5) is 12.5. The maximum atomic E-state index is 12.5. The van der Waals surface area contributed by atoms with Gasteiger partial charge in [0.1, 0.15) is 35.5 Å². The molecule has 0 saturated heterocycles. The summed E-state index contributed by atoms with van der Waals surface area (Å²) in [6, 6.07) is 21.1. The van der Waals surface area contributed by atoms with Gasteiger partial charge in [-0.3, -0.25) is 4.79 Å². The van der Waals surface area contributed by atoms with E-state index < -0.39 is 5.91 Å². The molecule has 0 aliphatic heterocycles. The van der Waals surface area contributed by atoms with Crippen molar-refractivity contribution in [2.45, 2.75) is 13.5 Å². The molecule has 0 saturated carbocycles. The van der Waals surface area contributed by atoms with Crippen LogP contribution in [0.4, 0.5) is 5.69 Å². The Bertz CT molecular complexity index is 1130. The highest BCUT2D eigenvalue weighted by Crippen LogP contribution is 2.28. The van der Waals surface area contributed by atoms with Gasteiger partial charge in [0.25, 0.3) is 5.91 Å². The lowest BCUT2D eigenvalue weighted by atomic mass is 10.1. The van der Waals surface area contributed by atoms with E-state index >= 15 is 0 Å². The molecular weight excluding hydrogens is 392 g/mol. The molecule has 2 N–H and O–H groups in total. The van der Waals surface area contributed by atoms with Crippen molar-refractivity contribution in [3.63, 3.8) is 0 Å². The maximum absolute atomic E-state index is 12.5. The number of carbonyl (C=O) groups is 1. The molecule has 0 heterocycles. The van der Waals surface area contributed by atoms with Crippen LogP contribution in [0.1, 0.15) is 16.7 Å². The van der Waals surface area contributed by atoms with Gasteiger partial charge < -0.3 is 19.9 Å². The number of nitrogens with zero attached hydrogens (tertiary/aromatic N) is 1. The molecular formula is C25H22N2O4. The minimum Gasteiger partial charge on any atom is -0.508 e. The number of amides is 1. The number of methoxy groups -OCH3 is 1. The number of benzene rings is 3. The lowest BCUT2D eigenvalue weighted by molar-refractivity contribution is -0.112. The highest BCUT2D eigenvalue weighted by atomic mass is 16.5. The number of phenolic OH excluding ortho intramolecular Hbond substituents is 1. The lowest BCUT2D eigenvalue weighted by Gasteiger charge is -2.12. The molecule has 1 amide bonds. The Morgan fingerprint density at radius 3 is 2.45 bits per heavy atom. The molecule has 3 aromatic carbocycles. The molecule has 0 aliphatic carbocycles. The smallest absolute Gasteiger partial charge is 0.266 e. The number of aromatic hydroxyl groups is 1. The summed E-state index contributed by atoms with van der Waals surface area (Å²) in [6.45, 7) is 2.35. The van der Waals surface area contributed by atoms with Gasteiger partial charge in [0, 0.05) is 17.3 Å². The monoisotopic (exact) mass is 414 g/mol. The number of carbonyl (C=O) groups excluding carboxylic acids is 1. The number of anilines is 1. The first-order valence-corrected chi connectivity index (χ1v) is 9.57. The zero-order chi connectivity index (χ0) is 22.2. The van der Waals surface area contributed by atoms with Crippen LogP contribution < -0.4 is 14.8 Å². The fourth-order valence-corrected chi connectivity index (χ4v) is 2.78. The Morgan fingerprint density at radius 2 is 1.81 bits per heavy atom. The summed E-state index contributed by atoms with van der Waals surface area (Å²) >= 11 is 0. The van der Waals surface area contributed by atoms with Crippen LogP contribution in [-0.4, -0.2) is 18.1 Å². The van der Waals surface area contributed by atoms with Gasteiger partial charge in [-0.15, -0.1) is 0 Å². The first kappa shape index (κ1) is 21.5. The van der Waals surface area contributed by atoms with Gasteiger partial charge in [-0.05, 0) is 55.0 Å². The summed E-state index contributed by atoms with van der Waals surface area (Å²) in [5.41, 5.74) is 3.11. The Balaban J connectivity index is 1.83. The topological polar surface area (TPSA) is 91.6 Å². The van der Waals surface area contributed by atoms with Gasteiger partial charge in [0.15, 0.2) is 0 Å². The molecule has 3 rings (SSSR count). The van der Waals surface area contributed by atoms with Crippen LogP contribution in [-0.2, 0) is 11.4 Å². The number of phenols is 1. The minimum absolute atomic E-state index is 0.0848. The van der Waals surface area contributed by atoms with Crippen LogP contribution in [0.3, 0.4) is 0 Å². The highest BCUT2D eigenvalue weighted by Gasteiger charge is 2.12. The predicted octanol–water partition coefficient (Wildman–Crippen LogP) is 4.83. The van der Waals surface area contributed by atoms with Crippen LogP contribution in [0.5, 0.6) is 17.2 Å². The van der Waals surface area contributed by atoms with Crippen LogP contribution in [0, 0.1) is 18.3 Å². The number of aryl methyl sites for hydroxylation is 1. The third kappa shape index (κ3) is 5.87. The molecule has 156 valence electrons. The Morgan fingerprint density at radius 1 is 1.10 bits per heavy atom. The van der Waals surface area contributed by atoms with Crippen LogP contribution in [0.15, 0.2) is 72.3 Å². The number of nitrogens with one attached hydrogen (secondary N) is 1. The molecule has 0 aliphatic rings. The quantitative estimate of drug-likeness (QED) is 0.328. The Labute approximate surface area is 181 Å². The first-order valence-electron chi connectivity index (χ1n) is 9.57. The fraction of sp³-hybridized carbons (Fsp3) is 0.120. The fourth-order valence-electron chi connectivity index (χ4n) is 2.78. The standard InChI is InChI=1S/C25H22N2O4/c1-17-3-5-18(6-4-17)16-31-24-14-23(30-2)12-7-19(24)13-20(15-26)25(29)27-21-8-10-22(28)11-9-21/h3-14,28H,16H2,1-2H3,(H,27,29)/b20-13+. The lowest BCUT2D eigenvalue weighted by Crippen LogP contribution is -2.13. The van der Waals surface area contributed by atoms with E-state index in [1.807, 2.05) is 37.3 Å². The second-order valence-corrected chi connectivity index (χ2v) is 6.85. The molecule has 0 unspecified atom stereocenters. The molecule has 0 radical (unpaired) electrons. The molecule has 0 aromatic heterocycles. The van der Waals surface area contributed by atoms with E-state index in [0.29, 0.717) is 29.4 Å². The Hall–Kier alpha value is -4.24. The van der Waals surface area contributed by atoms with Crippen molar-refractivity contribution < 1.29 is 19.4 Å². The summed E-state index contributed by atoms with van der Waals surface area (Å²) in [7, 11) is 1.56. The number of hydrogen-bond acceptors (Lipinski definition) is 5. The van der Waals surface area contributed by atoms with E-state index in [1.54, 1.807) is 37.4 Å². The van der Waals surface area contributed by atoms with Crippen LogP contribution in [0.2, 0.25) is 0 Å². The van der Waals surface area contributed by atoms with Crippen molar-refractivity contribution in [3.05, 3.63) is 89.0 Å². The van der Waals surface area contributed by atoms with Crippen molar-refractivity contribution in [3.8, 4) is 23.3 Å². The first-order chi connectivity index (χ1) is 15.0. The summed E-state index contributed by atoms with van der Waals surface area (Å²) < 4.78 is 11.2. The SMILES string of the molecule is COc1ccc(/C=C(\C#N)C(=O)Nc2ccc(O)cc2)c(OCc2ccc(C)cc2)c1. The third-order valence-electron chi connectivity index (χ3n) is 4.53. The zero-order valence-corrected chi connectivity index (χ0v) is 17.3. The molecule has 3 aromatic rings. The molecule has 0 bridgehead atoms. The third-order valence-corrected chi connectivity index (χ3v) is 4.53. The van der Waals surface area contributed by atoms with E-state index in [1.165, 1.54) is 18.2 Å². The van der Waals surface area contributed by atoms with E-state index in [2.05, 4.69) is 5.32 Å². The molecule has 31 heavy (non-hydrogen) atoms. The highest BCUT2D eigenvalue weighted by molar-refractivity contribution is 6.09. The summed E-state index contributed by atoms with van der Waals surface area (Å²) in [5.74, 6) is 0.615. The number of hydrogen-bond donors (Lipinski definition) is 2. The van der Waals surface area contributed by atoms with Crippen LogP contribution >= 0.6 is 0 Å². The number of ether oxygens (including phenoxy) is 2. The maximum Gasteiger partial charge on any atom is 0.266 e. The summed E-state index contributed by atoms with van der Waals surface area (Å²) in [5, 5.41) is 21.5. The second kappa shape index (κ2) is 9.99. The van der Waals surface area contributed by atoms with E-state index in [-0.39, 0.29) is 11.3 Å². The average Bonchev–Trinajstić information content (AvgIpc) is 2.79. The van der Waals surface area contributed by atoms with Crippen molar-refractivity contribution in [2.75, 3.05) is 12.4 Å². The Kier molecular flexibility index (Phi) is 6.92. The van der Waals surface area contributed by atoms with E-state index in [9.17, 15) is 15.2 Å². The van der Waals surface area contributed by atoms with Crippen molar-refractivity contribution in [2.24, 2.45) is 0 Å². The molecule has 0 fully saturated rings. The molecule has 0 atom stereocenters. The van der Waals surface area contributed by atoms with Gasteiger partial charge in [-0.1, -0.05) is 29.8 Å². The number of nitriles is 1.